The van der Waals surface area contributed by atoms with E-state index in [2.05, 4.69) is 6.92 Å². The lowest BCUT2D eigenvalue weighted by molar-refractivity contribution is 0.253. The maximum absolute atomic E-state index is 6.34. The third-order valence-electron chi connectivity index (χ3n) is 2.95. The second-order valence-electron chi connectivity index (χ2n) is 4.42. The molecule has 0 aliphatic heterocycles. The number of hydrogen-bond acceptors (Lipinski definition) is 0. The summed E-state index contributed by atoms with van der Waals surface area (Å²) in [5, 5.41) is -0.0877. The van der Waals surface area contributed by atoms with Crippen molar-refractivity contribution in [1.82, 2.24) is 0 Å². The van der Waals surface area contributed by atoms with Gasteiger partial charge in [0.15, 0.2) is 0 Å². The van der Waals surface area contributed by atoms with Gasteiger partial charge in [0.1, 0.15) is 0 Å². The minimum atomic E-state index is -0.405. The van der Waals surface area contributed by atoms with Crippen molar-refractivity contribution in [3.63, 3.8) is 0 Å². The van der Waals surface area contributed by atoms with E-state index < -0.39 is 4.87 Å². The molecule has 1 fully saturated rings. The van der Waals surface area contributed by atoms with Gasteiger partial charge in [-0.1, -0.05) is 24.6 Å². The quantitative estimate of drug-likeness (QED) is 0.606. The summed E-state index contributed by atoms with van der Waals surface area (Å²) in [7, 11) is 0. The summed E-state index contributed by atoms with van der Waals surface area (Å²) in [6, 6.07) is 0. The first-order valence-corrected chi connectivity index (χ1v) is 6.25. The van der Waals surface area contributed by atoms with E-state index in [4.69, 9.17) is 46.4 Å². The Hall–Kier alpha value is 0.900. The van der Waals surface area contributed by atoms with Crippen LogP contribution < -0.4 is 0 Å². The van der Waals surface area contributed by atoms with E-state index in [1.807, 2.05) is 13.0 Å². The average Bonchev–Trinajstić information content (AvgIpc) is 2.01. The van der Waals surface area contributed by atoms with Crippen molar-refractivity contribution in [2.45, 2.75) is 42.3 Å². The lowest BCUT2D eigenvalue weighted by atomic mass is 9.70. The van der Waals surface area contributed by atoms with Crippen molar-refractivity contribution in [2.75, 3.05) is 0 Å². The smallest absolute Gasteiger partial charge is 0.0591 e. The fourth-order valence-electron chi connectivity index (χ4n) is 1.97. The lowest BCUT2D eigenvalue weighted by Crippen LogP contribution is -2.47. The second kappa shape index (κ2) is 4.41. The Bertz CT molecular complexity index is 236. The van der Waals surface area contributed by atoms with Crippen molar-refractivity contribution in [1.29, 1.82) is 0 Å². The van der Waals surface area contributed by atoms with Crippen LogP contribution >= 0.6 is 46.4 Å². The summed E-state index contributed by atoms with van der Waals surface area (Å²) in [6.45, 7) is 4.02. The van der Waals surface area contributed by atoms with E-state index in [0.29, 0.717) is 6.42 Å². The highest BCUT2D eigenvalue weighted by molar-refractivity contribution is 6.33. The van der Waals surface area contributed by atoms with Gasteiger partial charge >= 0.3 is 0 Å². The highest BCUT2D eigenvalue weighted by Crippen LogP contribution is 2.49. The zero-order chi connectivity index (χ0) is 11.0. The van der Waals surface area contributed by atoms with E-state index in [1.54, 1.807) is 0 Å². The van der Waals surface area contributed by atoms with Crippen molar-refractivity contribution in [3.8, 4) is 0 Å². The summed E-state index contributed by atoms with van der Waals surface area (Å²) in [5.74, 6) is 0. The molecule has 4 heteroatoms. The topological polar surface area (TPSA) is 0 Å². The molecule has 1 aliphatic rings. The van der Waals surface area contributed by atoms with Crippen LogP contribution in [-0.2, 0) is 0 Å². The molecule has 0 saturated heterocycles. The molecule has 14 heavy (non-hydrogen) atoms. The van der Waals surface area contributed by atoms with Gasteiger partial charge in [-0.2, -0.15) is 0 Å². The van der Waals surface area contributed by atoms with E-state index in [9.17, 15) is 0 Å². The zero-order valence-electron chi connectivity index (χ0n) is 8.24. The first kappa shape index (κ1) is 13.0. The molecule has 82 valence electrons. The third-order valence-corrected chi connectivity index (χ3v) is 4.92. The molecule has 0 N–H and O–H groups in total. The summed E-state index contributed by atoms with van der Waals surface area (Å²) in [5.41, 5.74) is 1.35. The molecule has 1 rings (SSSR count). The van der Waals surface area contributed by atoms with Crippen LogP contribution in [0.3, 0.4) is 0 Å². The predicted molar refractivity (Wildman–Crippen MR) is 65.9 cm³/mol. The third kappa shape index (κ3) is 2.52. The molecule has 0 heterocycles. The number of hydrogen-bond donors (Lipinski definition) is 0. The van der Waals surface area contributed by atoms with Gasteiger partial charge in [-0.3, -0.25) is 0 Å². The van der Waals surface area contributed by atoms with Crippen LogP contribution in [0.15, 0.2) is 11.6 Å². The van der Waals surface area contributed by atoms with Crippen LogP contribution in [0, 0.1) is 5.41 Å². The number of halogens is 4. The average molecular weight is 276 g/mol. The van der Waals surface area contributed by atoms with Crippen molar-refractivity contribution in [3.05, 3.63) is 11.6 Å². The van der Waals surface area contributed by atoms with E-state index in [1.165, 1.54) is 5.54 Å². The molecule has 0 amide bonds. The summed E-state index contributed by atoms with van der Waals surface area (Å²) in [4.78, 5) is -0.405. The van der Waals surface area contributed by atoms with Gasteiger partial charge in [-0.05, 0) is 19.8 Å². The summed E-state index contributed by atoms with van der Waals surface area (Å²) in [6.07, 6.45) is 3.36. The van der Waals surface area contributed by atoms with Crippen LogP contribution in [0.5, 0.6) is 0 Å². The van der Waals surface area contributed by atoms with Crippen LogP contribution in [0.2, 0.25) is 0 Å². The highest BCUT2D eigenvalue weighted by atomic mass is 35.5. The Morgan fingerprint density at radius 2 is 1.79 bits per heavy atom. The maximum atomic E-state index is 6.34. The van der Waals surface area contributed by atoms with Crippen molar-refractivity contribution < 1.29 is 0 Å². The maximum Gasteiger partial charge on any atom is 0.0591 e. The lowest BCUT2D eigenvalue weighted by Gasteiger charge is -2.45. The molecule has 1 aliphatic carbocycles. The Labute approximate surface area is 106 Å². The molecular weight excluding hydrogens is 262 g/mol. The van der Waals surface area contributed by atoms with Crippen molar-refractivity contribution >= 4 is 46.4 Å². The standard InChI is InChI=1S/C10H14Cl4/c1-9(3-4-11)6-10(2,14)8(13)5-7(9)12/h3-4,7-8H,5-6H2,1-2H3/b4-3-/t7-,8+,9-,10+/m1/s1. The van der Waals surface area contributed by atoms with Gasteiger partial charge in [0.25, 0.3) is 0 Å². The van der Waals surface area contributed by atoms with Gasteiger partial charge in [-0.15, -0.1) is 34.8 Å². The zero-order valence-corrected chi connectivity index (χ0v) is 11.3. The first-order valence-electron chi connectivity index (χ1n) is 4.57. The van der Waals surface area contributed by atoms with Crippen LogP contribution in [0.4, 0.5) is 0 Å². The second-order valence-corrected chi connectivity index (χ2v) is 6.59. The minimum absolute atomic E-state index is 0.00757. The molecule has 4 atom stereocenters. The summed E-state index contributed by atoms with van der Waals surface area (Å²) >= 11 is 24.4. The predicted octanol–water partition coefficient (Wildman–Crippen LogP) is 4.75. The Morgan fingerprint density at radius 3 is 2.29 bits per heavy atom. The van der Waals surface area contributed by atoms with Gasteiger partial charge < -0.3 is 0 Å². The molecular formula is C10H14Cl4. The largest absolute Gasteiger partial charge is 0.122 e. The first-order chi connectivity index (χ1) is 6.32. The molecule has 0 unspecified atom stereocenters. The van der Waals surface area contributed by atoms with E-state index in [0.717, 1.165) is 6.42 Å². The highest BCUT2D eigenvalue weighted by Gasteiger charge is 2.47. The molecule has 0 bridgehead atoms. The van der Waals surface area contributed by atoms with Crippen LogP contribution in [-0.4, -0.2) is 15.6 Å². The van der Waals surface area contributed by atoms with Crippen molar-refractivity contribution in [2.24, 2.45) is 5.41 Å². The SMILES string of the molecule is C[C@]1(Cl)C[C@@](C)(/C=C\Cl)[C@H](Cl)C[C@@H]1Cl. The molecule has 0 radical (unpaired) electrons. The molecule has 0 nitrogen and oxygen atoms in total. The molecule has 0 spiro atoms. The number of rotatable bonds is 1. The van der Waals surface area contributed by atoms with Crippen LogP contribution in [0.1, 0.15) is 26.7 Å². The molecule has 1 saturated carbocycles. The Balaban J connectivity index is 2.89. The Kier molecular flexibility index (Phi) is 4.09. The molecule has 0 aromatic rings. The van der Waals surface area contributed by atoms with Gasteiger partial charge in [0.2, 0.25) is 0 Å². The minimum Gasteiger partial charge on any atom is -0.122 e. The van der Waals surface area contributed by atoms with Crippen LogP contribution in [0.25, 0.3) is 0 Å². The monoisotopic (exact) mass is 274 g/mol. The Morgan fingerprint density at radius 1 is 1.21 bits per heavy atom. The molecule has 0 aromatic heterocycles. The normalized spacial score (nSPS) is 49.9. The van der Waals surface area contributed by atoms with Gasteiger partial charge in [-0.25, -0.2) is 0 Å². The fourth-order valence-corrected chi connectivity index (χ4v) is 3.31. The van der Waals surface area contributed by atoms with Gasteiger partial charge in [0.05, 0.1) is 10.3 Å². The van der Waals surface area contributed by atoms with E-state index >= 15 is 0 Å². The van der Waals surface area contributed by atoms with E-state index in [-0.39, 0.29) is 16.2 Å². The number of alkyl halides is 3. The number of allylic oxidation sites excluding steroid dienone is 1. The summed E-state index contributed by atoms with van der Waals surface area (Å²) < 4.78 is 0. The molecule has 0 aromatic carbocycles. The fraction of sp³-hybridized carbons (Fsp3) is 0.800. The van der Waals surface area contributed by atoms with Gasteiger partial charge in [0, 0.05) is 16.3 Å².